The van der Waals surface area contributed by atoms with Gasteiger partial charge in [-0.15, -0.1) is 0 Å². The summed E-state index contributed by atoms with van der Waals surface area (Å²) < 4.78 is 0. The van der Waals surface area contributed by atoms with Crippen LogP contribution in [-0.4, -0.2) is 23.1 Å². The van der Waals surface area contributed by atoms with E-state index in [2.05, 4.69) is 5.32 Å². The van der Waals surface area contributed by atoms with Gasteiger partial charge in [-0.05, 0) is 27.2 Å². The molecule has 3 nitrogen and oxygen atoms in total. The third-order valence-corrected chi connectivity index (χ3v) is 2.99. The summed E-state index contributed by atoms with van der Waals surface area (Å²) in [5, 5.41) is 3.36. The van der Waals surface area contributed by atoms with Crippen LogP contribution in [0.15, 0.2) is 0 Å². The van der Waals surface area contributed by atoms with Crippen LogP contribution in [0.25, 0.3) is 0 Å². The number of nitrogens with one attached hydrogen (secondary N) is 1. The summed E-state index contributed by atoms with van der Waals surface area (Å²) >= 11 is 0. The van der Waals surface area contributed by atoms with Crippen LogP contribution in [-0.2, 0) is 9.59 Å². The summed E-state index contributed by atoms with van der Waals surface area (Å²) in [6.07, 6.45) is 1.05. The Morgan fingerprint density at radius 1 is 1.00 bits per heavy atom. The molecular formula is C16H31NO2. The summed E-state index contributed by atoms with van der Waals surface area (Å²) in [6.45, 7) is 15.7. The van der Waals surface area contributed by atoms with Gasteiger partial charge in [-0.2, -0.15) is 0 Å². The summed E-state index contributed by atoms with van der Waals surface area (Å²) in [4.78, 5) is 24.2. The van der Waals surface area contributed by atoms with Crippen LogP contribution in [0.4, 0.5) is 0 Å². The fraction of sp³-hybridized carbons (Fsp3) is 0.875. The van der Waals surface area contributed by atoms with E-state index in [1.54, 1.807) is 0 Å². The lowest BCUT2D eigenvalue weighted by Crippen LogP contribution is -2.51. The van der Waals surface area contributed by atoms with Gasteiger partial charge >= 0.3 is 0 Å². The minimum atomic E-state index is -0.385. The number of ketones is 2. The Balaban J connectivity index is 4.79. The molecule has 0 amide bonds. The number of rotatable bonds is 6. The zero-order chi connectivity index (χ0) is 15.4. The van der Waals surface area contributed by atoms with Crippen molar-refractivity contribution < 1.29 is 9.59 Å². The largest absolute Gasteiger partial charge is 0.303 e. The van der Waals surface area contributed by atoms with E-state index >= 15 is 0 Å². The lowest BCUT2D eigenvalue weighted by Gasteiger charge is -2.31. The minimum Gasteiger partial charge on any atom is -0.303 e. The van der Waals surface area contributed by atoms with Crippen molar-refractivity contribution in [1.82, 2.24) is 5.32 Å². The minimum absolute atomic E-state index is 0.0417. The topological polar surface area (TPSA) is 46.2 Å². The van der Waals surface area contributed by atoms with Crippen molar-refractivity contribution in [1.29, 1.82) is 0 Å². The predicted molar refractivity (Wildman–Crippen MR) is 80.2 cm³/mol. The van der Waals surface area contributed by atoms with Gasteiger partial charge in [0.15, 0.2) is 5.78 Å². The Morgan fingerprint density at radius 2 is 1.47 bits per heavy atom. The van der Waals surface area contributed by atoms with E-state index in [-0.39, 0.29) is 34.5 Å². The number of hydrogen-bond acceptors (Lipinski definition) is 3. The molecule has 1 atom stereocenters. The van der Waals surface area contributed by atoms with Crippen molar-refractivity contribution in [2.75, 3.05) is 0 Å². The first-order chi connectivity index (χ1) is 8.34. The molecule has 0 spiro atoms. The molecule has 0 aromatic carbocycles. The zero-order valence-corrected chi connectivity index (χ0v) is 13.9. The van der Waals surface area contributed by atoms with Gasteiger partial charge in [0.25, 0.3) is 0 Å². The van der Waals surface area contributed by atoms with Crippen molar-refractivity contribution >= 4 is 11.6 Å². The average Bonchev–Trinajstić information content (AvgIpc) is 2.19. The summed E-state index contributed by atoms with van der Waals surface area (Å²) in [5.74, 6) is 0.446. The van der Waals surface area contributed by atoms with Gasteiger partial charge in [0.05, 0.1) is 6.04 Å². The molecule has 0 radical (unpaired) electrons. The SMILES string of the molecule is CC(C)C(=O)CCC(NC(C)(C)C)C(=O)C(C)(C)C. The Hall–Kier alpha value is -0.700. The summed E-state index contributed by atoms with van der Waals surface area (Å²) in [5.41, 5.74) is -0.518. The van der Waals surface area contributed by atoms with Crippen LogP contribution in [0, 0.1) is 11.3 Å². The molecule has 1 N–H and O–H groups in total. The van der Waals surface area contributed by atoms with Gasteiger partial charge in [-0.1, -0.05) is 34.6 Å². The zero-order valence-electron chi connectivity index (χ0n) is 13.9. The number of carbonyl (C=O) groups excluding carboxylic acids is 2. The molecule has 3 heteroatoms. The maximum atomic E-state index is 12.5. The van der Waals surface area contributed by atoms with Gasteiger partial charge in [0.1, 0.15) is 5.78 Å². The summed E-state index contributed by atoms with van der Waals surface area (Å²) in [7, 11) is 0. The number of carbonyl (C=O) groups is 2. The van der Waals surface area contributed by atoms with E-state index in [4.69, 9.17) is 0 Å². The first-order valence-electron chi connectivity index (χ1n) is 7.19. The van der Waals surface area contributed by atoms with Gasteiger partial charge in [0.2, 0.25) is 0 Å². The average molecular weight is 269 g/mol. The van der Waals surface area contributed by atoms with Crippen LogP contribution in [0.5, 0.6) is 0 Å². The second-order valence-electron chi connectivity index (χ2n) is 7.72. The molecule has 0 bridgehead atoms. The molecule has 0 heterocycles. The molecule has 0 aliphatic heterocycles. The lowest BCUT2D eigenvalue weighted by molar-refractivity contribution is -0.129. The molecule has 0 fully saturated rings. The molecule has 0 aromatic heterocycles. The van der Waals surface area contributed by atoms with E-state index in [0.717, 1.165) is 0 Å². The predicted octanol–water partition coefficient (Wildman–Crippen LogP) is 3.36. The second kappa shape index (κ2) is 6.65. The molecule has 0 aromatic rings. The van der Waals surface area contributed by atoms with Crippen LogP contribution < -0.4 is 5.32 Å². The monoisotopic (exact) mass is 269 g/mol. The highest BCUT2D eigenvalue weighted by Crippen LogP contribution is 2.21. The van der Waals surface area contributed by atoms with E-state index in [1.807, 2.05) is 55.4 Å². The Morgan fingerprint density at radius 3 is 1.79 bits per heavy atom. The molecule has 112 valence electrons. The highest BCUT2D eigenvalue weighted by Gasteiger charge is 2.32. The maximum Gasteiger partial charge on any atom is 0.155 e. The lowest BCUT2D eigenvalue weighted by atomic mass is 9.83. The molecule has 19 heavy (non-hydrogen) atoms. The molecule has 0 saturated heterocycles. The normalized spacial score (nSPS) is 14.6. The van der Waals surface area contributed by atoms with Crippen LogP contribution in [0.1, 0.15) is 68.2 Å². The Labute approximate surface area is 118 Å². The van der Waals surface area contributed by atoms with E-state index in [1.165, 1.54) is 0 Å². The van der Waals surface area contributed by atoms with Crippen LogP contribution in [0.2, 0.25) is 0 Å². The second-order valence-corrected chi connectivity index (χ2v) is 7.72. The molecule has 0 saturated carbocycles. The van der Waals surface area contributed by atoms with E-state index in [0.29, 0.717) is 12.8 Å². The first-order valence-corrected chi connectivity index (χ1v) is 7.19. The molecule has 0 aliphatic rings. The van der Waals surface area contributed by atoms with Crippen molar-refractivity contribution in [2.45, 2.75) is 79.8 Å². The van der Waals surface area contributed by atoms with Crippen LogP contribution in [0.3, 0.4) is 0 Å². The summed E-state index contributed by atoms with van der Waals surface area (Å²) in [6, 6.07) is -0.248. The van der Waals surface area contributed by atoms with Gasteiger partial charge in [0, 0.05) is 23.3 Å². The standard InChI is InChI=1S/C16H31NO2/c1-11(2)13(18)10-9-12(17-16(6,7)8)14(19)15(3,4)5/h11-12,17H,9-10H2,1-8H3. The quantitative estimate of drug-likeness (QED) is 0.804. The van der Waals surface area contributed by atoms with Crippen molar-refractivity contribution in [3.63, 3.8) is 0 Å². The third kappa shape index (κ3) is 7.46. The van der Waals surface area contributed by atoms with Gasteiger partial charge in [-0.3, -0.25) is 9.59 Å². The van der Waals surface area contributed by atoms with Crippen LogP contribution >= 0.6 is 0 Å². The number of Topliss-reactive ketones (excluding diaryl/α,β-unsaturated/α-hetero) is 2. The molecule has 0 aliphatic carbocycles. The van der Waals surface area contributed by atoms with Crippen molar-refractivity contribution in [3.05, 3.63) is 0 Å². The third-order valence-electron chi connectivity index (χ3n) is 2.99. The van der Waals surface area contributed by atoms with E-state index < -0.39 is 0 Å². The maximum absolute atomic E-state index is 12.5. The highest BCUT2D eigenvalue weighted by molar-refractivity contribution is 5.89. The first kappa shape index (κ1) is 18.3. The van der Waals surface area contributed by atoms with E-state index in [9.17, 15) is 9.59 Å². The molecular weight excluding hydrogens is 238 g/mol. The Kier molecular flexibility index (Phi) is 6.40. The van der Waals surface area contributed by atoms with Crippen molar-refractivity contribution in [2.24, 2.45) is 11.3 Å². The Bertz CT molecular complexity index is 319. The number of hydrogen-bond donors (Lipinski definition) is 1. The van der Waals surface area contributed by atoms with Crippen molar-refractivity contribution in [3.8, 4) is 0 Å². The molecule has 0 rings (SSSR count). The molecule has 1 unspecified atom stereocenters. The highest BCUT2D eigenvalue weighted by atomic mass is 16.1. The fourth-order valence-corrected chi connectivity index (χ4v) is 1.89. The fourth-order valence-electron chi connectivity index (χ4n) is 1.89. The van der Waals surface area contributed by atoms with Gasteiger partial charge < -0.3 is 5.32 Å². The smallest absolute Gasteiger partial charge is 0.155 e. The van der Waals surface area contributed by atoms with Gasteiger partial charge in [-0.25, -0.2) is 0 Å².